The molecule has 0 unspecified atom stereocenters. The van der Waals surface area contributed by atoms with Crippen LogP contribution in [-0.2, 0) is 13.2 Å². The van der Waals surface area contributed by atoms with Crippen molar-refractivity contribution in [2.75, 3.05) is 7.11 Å². The molecule has 1 heterocycles. The molecule has 31 heavy (non-hydrogen) atoms. The zero-order valence-electron chi connectivity index (χ0n) is 16.9. The lowest BCUT2D eigenvalue weighted by molar-refractivity contribution is 0.281. The molecule has 0 aliphatic rings. The van der Waals surface area contributed by atoms with Gasteiger partial charge in [-0.25, -0.2) is 0 Å². The van der Waals surface area contributed by atoms with Gasteiger partial charge in [0.2, 0.25) is 0 Å². The van der Waals surface area contributed by atoms with Gasteiger partial charge in [0, 0.05) is 22.7 Å². The van der Waals surface area contributed by atoms with Crippen LogP contribution in [0.2, 0.25) is 0 Å². The molecule has 0 bridgehead atoms. The summed E-state index contributed by atoms with van der Waals surface area (Å²) in [6.45, 7) is 0.0961. The van der Waals surface area contributed by atoms with Crippen molar-refractivity contribution in [1.29, 1.82) is 0 Å². The van der Waals surface area contributed by atoms with Crippen molar-refractivity contribution >= 4 is 16.6 Å². The first-order valence-corrected chi connectivity index (χ1v) is 9.64. The zero-order chi connectivity index (χ0) is 22.0. The first kappa shape index (κ1) is 20.3. The van der Waals surface area contributed by atoms with E-state index in [0.29, 0.717) is 22.6 Å². The quantitative estimate of drug-likeness (QED) is 0.214. The smallest absolute Gasteiger partial charge is 0.129 e. The van der Waals surface area contributed by atoms with Gasteiger partial charge in [-0.2, -0.15) is 0 Å². The number of rotatable bonds is 6. The highest BCUT2D eigenvalue weighted by Crippen LogP contribution is 2.38. The van der Waals surface area contributed by atoms with E-state index in [1.165, 1.54) is 12.1 Å². The fraction of sp³-hybridized carbons (Fsp3) is 0.125. The number of phenolic OH excluding ortho intramolecular Hbond substituents is 2. The Balaban J connectivity index is 1.90. The number of nitrogens with zero attached hydrogens (tertiary/aromatic N) is 2. The standard InChI is InChI=1S/C24H22N2O5/c1-31-23-11-15(14-27)10-22-24(23)20(16-2-6-18(28)7-3-16)12-26(22)13-21(25-30)17-4-8-19(29)9-5-17/h2-12,27-30H,13-14H2,1H3/b25-21+. The van der Waals surface area contributed by atoms with Crippen LogP contribution in [0, 0.1) is 0 Å². The number of fused-ring (bicyclic) bond motifs is 1. The Bertz CT molecular complexity index is 1240. The zero-order valence-corrected chi connectivity index (χ0v) is 16.9. The molecule has 0 saturated heterocycles. The molecule has 7 nitrogen and oxygen atoms in total. The van der Waals surface area contributed by atoms with E-state index in [9.17, 15) is 20.5 Å². The van der Waals surface area contributed by atoms with Crippen molar-refractivity contribution in [3.63, 3.8) is 0 Å². The molecule has 0 spiro atoms. The monoisotopic (exact) mass is 418 g/mol. The maximum Gasteiger partial charge on any atom is 0.129 e. The molecule has 0 aliphatic heterocycles. The second kappa shape index (κ2) is 8.41. The molecule has 4 aromatic rings. The van der Waals surface area contributed by atoms with E-state index in [1.54, 1.807) is 37.4 Å². The van der Waals surface area contributed by atoms with Gasteiger partial charge >= 0.3 is 0 Å². The molecule has 0 amide bonds. The van der Waals surface area contributed by atoms with E-state index in [-0.39, 0.29) is 24.7 Å². The van der Waals surface area contributed by atoms with E-state index in [1.807, 2.05) is 29.0 Å². The average Bonchev–Trinajstić information content (AvgIpc) is 3.16. The molecule has 4 N–H and O–H groups in total. The summed E-state index contributed by atoms with van der Waals surface area (Å²) in [5.41, 5.74) is 4.31. The lowest BCUT2D eigenvalue weighted by Crippen LogP contribution is -2.11. The summed E-state index contributed by atoms with van der Waals surface area (Å²) in [5.74, 6) is 0.902. The molecule has 0 radical (unpaired) electrons. The molecule has 4 rings (SSSR count). The van der Waals surface area contributed by atoms with Crippen LogP contribution in [0.4, 0.5) is 0 Å². The van der Waals surface area contributed by atoms with Crippen LogP contribution in [0.3, 0.4) is 0 Å². The summed E-state index contributed by atoms with van der Waals surface area (Å²) in [7, 11) is 1.57. The minimum atomic E-state index is -0.148. The molecular formula is C24H22N2O5. The van der Waals surface area contributed by atoms with Crippen LogP contribution in [0.15, 0.2) is 72.0 Å². The number of aromatic nitrogens is 1. The number of aliphatic hydroxyl groups excluding tert-OH is 1. The molecule has 0 fully saturated rings. The van der Waals surface area contributed by atoms with Crippen LogP contribution in [-0.4, -0.2) is 37.9 Å². The molecule has 0 aliphatic carbocycles. The maximum atomic E-state index is 9.71. The number of aliphatic hydroxyl groups is 1. The van der Waals surface area contributed by atoms with Gasteiger partial charge in [-0.3, -0.25) is 0 Å². The first-order chi connectivity index (χ1) is 15.0. The molecule has 0 atom stereocenters. The average molecular weight is 418 g/mol. The lowest BCUT2D eigenvalue weighted by Gasteiger charge is -2.10. The van der Waals surface area contributed by atoms with Crippen molar-refractivity contribution in [1.82, 2.24) is 4.57 Å². The van der Waals surface area contributed by atoms with Gasteiger partial charge in [-0.1, -0.05) is 17.3 Å². The van der Waals surface area contributed by atoms with E-state index in [4.69, 9.17) is 4.74 Å². The Morgan fingerprint density at radius 3 is 2.19 bits per heavy atom. The van der Waals surface area contributed by atoms with Crippen molar-refractivity contribution < 1.29 is 25.3 Å². The topological polar surface area (TPSA) is 107 Å². The number of aromatic hydroxyl groups is 2. The van der Waals surface area contributed by atoms with Crippen molar-refractivity contribution in [3.8, 4) is 28.4 Å². The van der Waals surface area contributed by atoms with Gasteiger partial charge in [-0.15, -0.1) is 0 Å². The van der Waals surface area contributed by atoms with E-state index >= 15 is 0 Å². The number of hydrogen-bond acceptors (Lipinski definition) is 6. The second-order valence-electron chi connectivity index (χ2n) is 7.16. The third kappa shape index (κ3) is 3.91. The van der Waals surface area contributed by atoms with Crippen LogP contribution >= 0.6 is 0 Å². The molecule has 3 aromatic carbocycles. The summed E-state index contributed by atoms with van der Waals surface area (Å²) in [6.07, 6.45) is 1.92. The predicted octanol–water partition coefficient (Wildman–Crippen LogP) is 4.10. The molecule has 1 aromatic heterocycles. The van der Waals surface area contributed by atoms with Gasteiger partial charge in [0.25, 0.3) is 0 Å². The fourth-order valence-corrected chi connectivity index (χ4v) is 3.68. The summed E-state index contributed by atoms with van der Waals surface area (Å²) >= 11 is 0. The largest absolute Gasteiger partial charge is 0.508 e. The van der Waals surface area contributed by atoms with Gasteiger partial charge < -0.3 is 29.8 Å². The number of methoxy groups -OCH3 is 1. The highest BCUT2D eigenvalue weighted by atomic mass is 16.5. The Labute approximate surface area is 178 Å². The Morgan fingerprint density at radius 2 is 1.61 bits per heavy atom. The molecule has 0 saturated carbocycles. The minimum Gasteiger partial charge on any atom is -0.508 e. The van der Waals surface area contributed by atoms with Crippen LogP contribution in [0.1, 0.15) is 11.1 Å². The van der Waals surface area contributed by atoms with Crippen LogP contribution in [0.5, 0.6) is 17.2 Å². The van der Waals surface area contributed by atoms with Crippen LogP contribution in [0.25, 0.3) is 22.0 Å². The van der Waals surface area contributed by atoms with Crippen molar-refractivity contribution in [3.05, 3.63) is 78.0 Å². The molecule has 7 heteroatoms. The lowest BCUT2D eigenvalue weighted by atomic mass is 10.0. The normalized spacial score (nSPS) is 11.7. The number of ether oxygens (including phenoxy) is 1. The summed E-state index contributed by atoms with van der Waals surface area (Å²) in [6, 6.07) is 16.9. The van der Waals surface area contributed by atoms with E-state index in [2.05, 4.69) is 5.16 Å². The number of hydrogen-bond donors (Lipinski definition) is 4. The second-order valence-corrected chi connectivity index (χ2v) is 7.16. The molecular weight excluding hydrogens is 396 g/mol. The SMILES string of the molecule is COc1cc(CO)cc2c1c(-c1ccc(O)cc1)cn2C/C(=N\O)c1ccc(O)cc1. The summed E-state index contributed by atoms with van der Waals surface area (Å²) < 4.78 is 7.53. The Morgan fingerprint density at radius 1 is 0.968 bits per heavy atom. The van der Waals surface area contributed by atoms with Crippen LogP contribution < -0.4 is 4.74 Å². The Kier molecular flexibility index (Phi) is 5.51. The highest BCUT2D eigenvalue weighted by molar-refractivity contribution is 6.04. The van der Waals surface area contributed by atoms with Gasteiger partial charge in [-0.05, 0) is 59.7 Å². The van der Waals surface area contributed by atoms with E-state index in [0.717, 1.165) is 22.0 Å². The summed E-state index contributed by atoms with van der Waals surface area (Å²) in [5, 5.41) is 42.9. The van der Waals surface area contributed by atoms with Crippen molar-refractivity contribution in [2.24, 2.45) is 5.16 Å². The molecule has 158 valence electrons. The van der Waals surface area contributed by atoms with E-state index < -0.39 is 0 Å². The van der Waals surface area contributed by atoms with Gasteiger partial charge in [0.15, 0.2) is 0 Å². The van der Waals surface area contributed by atoms with Gasteiger partial charge in [0.1, 0.15) is 23.0 Å². The maximum absolute atomic E-state index is 9.71. The number of phenols is 2. The third-order valence-corrected chi connectivity index (χ3v) is 5.23. The summed E-state index contributed by atoms with van der Waals surface area (Å²) in [4.78, 5) is 0. The van der Waals surface area contributed by atoms with Gasteiger partial charge in [0.05, 0.1) is 25.8 Å². The predicted molar refractivity (Wildman–Crippen MR) is 118 cm³/mol. The Hall–Kier alpha value is -3.97. The number of benzene rings is 3. The number of oxime groups is 1. The van der Waals surface area contributed by atoms with Crippen molar-refractivity contribution in [2.45, 2.75) is 13.2 Å². The third-order valence-electron chi connectivity index (χ3n) is 5.23. The first-order valence-electron chi connectivity index (χ1n) is 9.64. The minimum absolute atomic E-state index is 0.124. The highest BCUT2D eigenvalue weighted by Gasteiger charge is 2.18. The fourth-order valence-electron chi connectivity index (χ4n) is 3.68.